The van der Waals surface area contributed by atoms with E-state index < -0.39 is 47.4 Å². The number of carbonyl (C=O) groups is 6. The van der Waals surface area contributed by atoms with Gasteiger partial charge in [0.2, 0.25) is 23.7 Å². The number of ether oxygens (including phenoxy) is 1. The molecule has 19 nitrogen and oxygen atoms in total. The number of piperazine rings is 1. The Balaban J connectivity index is 0.665. The van der Waals surface area contributed by atoms with E-state index in [1.54, 1.807) is 47.4 Å². The van der Waals surface area contributed by atoms with Crippen LogP contribution in [0.2, 0.25) is 0 Å². The van der Waals surface area contributed by atoms with E-state index in [0.717, 1.165) is 81.7 Å². The maximum Gasteiger partial charge on any atom is 0.433 e. The number of amides is 6. The molecule has 5 aromatic rings. The maximum atomic E-state index is 13.8. The van der Waals surface area contributed by atoms with Gasteiger partial charge in [-0.2, -0.15) is 18.3 Å². The molecule has 3 saturated heterocycles. The van der Waals surface area contributed by atoms with Crippen LogP contribution in [0.5, 0.6) is 5.75 Å². The minimum absolute atomic E-state index is 0.0119. The van der Waals surface area contributed by atoms with Crippen molar-refractivity contribution in [1.82, 2.24) is 44.7 Å². The molecule has 10 rings (SSSR count). The van der Waals surface area contributed by atoms with Gasteiger partial charge in [0.1, 0.15) is 23.2 Å². The summed E-state index contributed by atoms with van der Waals surface area (Å²) in [6, 6.07) is 10.3. The van der Waals surface area contributed by atoms with E-state index in [-0.39, 0.29) is 52.6 Å². The molecule has 2 aromatic carbocycles. The Morgan fingerprint density at radius 1 is 0.859 bits per heavy atom. The first-order chi connectivity index (χ1) is 34.1. The number of anilines is 4. The minimum Gasteiger partial charge on any atom is -0.494 e. The van der Waals surface area contributed by atoms with Gasteiger partial charge >= 0.3 is 6.18 Å². The van der Waals surface area contributed by atoms with Gasteiger partial charge in [0.05, 0.1) is 59.8 Å². The molecule has 71 heavy (non-hydrogen) atoms. The van der Waals surface area contributed by atoms with E-state index >= 15 is 0 Å². The zero-order valence-electron chi connectivity index (χ0n) is 38.8. The number of methoxy groups -OCH3 is 1. The summed E-state index contributed by atoms with van der Waals surface area (Å²) in [5, 5.41) is 13.4. The summed E-state index contributed by atoms with van der Waals surface area (Å²) < 4.78 is 46.8. The van der Waals surface area contributed by atoms with Gasteiger partial charge in [-0.25, -0.2) is 15.0 Å². The summed E-state index contributed by atoms with van der Waals surface area (Å²) >= 11 is 0. The summed E-state index contributed by atoms with van der Waals surface area (Å²) in [5.41, 5.74) is 0.761. The highest BCUT2D eigenvalue weighted by molar-refractivity contribution is 6.25. The average molecular weight is 977 g/mol. The van der Waals surface area contributed by atoms with Crippen LogP contribution in [0.1, 0.15) is 88.3 Å². The smallest absolute Gasteiger partial charge is 0.433 e. The molecule has 1 saturated carbocycles. The molecule has 4 fully saturated rings. The normalized spacial score (nSPS) is 19.8. The van der Waals surface area contributed by atoms with Crippen molar-refractivity contribution < 1.29 is 46.7 Å². The number of halogens is 3. The SMILES string of the molecule is COc1cc2nn(CCN3CCN(C(=O)C4CCC5(CC4)CCN(c4ncc(Nc6cccc7c6C(=O)N(C6CCC(=O)NC6=O)C7=O)cn4)CC5)CC3)cc2cc1NC(=O)c1cccc(C(F)(F)F)n1. The molecule has 3 N–H and O–H groups in total. The van der Waals surface area contributed by atoms with Crippen molar-refractivity contribution in [3.63, 3.8) is 0 Å². The van der Waals surface area contributed by atoms with Crippen molar-refractivity contribution in [3.8, 4) is 5.75 Å². The van der Waals surface area contributed by atoms with Gasteiger partial charge in [-0.3, -0.25) is 48.6 Å². The lowest BCUT2D eigenvalue weighted by Crippen LogP contribution is -2.54. The molecular formula is C49H51F3N12O7. The lowest BCUT2D eigenvalue weighted by Gasteiger charge is -2.46. The van der Waals surface area contributed by atoms with Crippen LogP contribution in [0.15, 0.2) is 67.1 Å². The lowest BCUT2D eigenvalue weighted by molar-refractivity contribution is -0.141. The molecular weight excluding hydrogens is 926 g/mol. The average Bonchev–Trinajstić information content (AvgIpc) is 3.89. The van der Waals surface area contributed by atoms with Crippen molar-refractivity contribution in [2.75, 3.05) is 68.5 Å². The number of imide groups is 2. The summed E-state index contributed by atoms with van der Waals surface area (Å²) in [5.74, 6) is -1.96. The van der Waals surface area contributed by atoms with E-state index in [1.165, 1.54) is 13.2 Å². The Hall–Kier alpha value is -7.49. The number of hydrogen-bond donors (Lipinski definition) is 3. The molecule has 1 atom stereocenters. The molecule has 370 valence electrons. The molecule has 22 heteroatoms. The van der Waals surface area contributed by atoms with Gasteiger partial charge < -0.3 is 25.2 Å². The molecule has 0 bridgehead atoms. The van der Waals surface area contributed by atoms with Crippen LogP contribution in [0.4, 0.5) is 36.2 Å². The molecule has 4 aliphatic heterocycles. The van der Waals surface area contributed by atoms with Gasteiger partial charge in [0.15, 0.2) is 0 Å². The van der Waals surface area contributed by atoms with Crippen molar-refractivity contribution >= 4 is 69.4 Å². The van der Waals surface area contributed by atoms with Gasteiger partial charge in [-0.05, 0) is 80.7 Å². The Labute approximate surface area is 405 Å². The van der Waals surface area contributed by atoms with E-state index in [2.05, 4.69) is 45.8 Å². The van der Waals surface area contributed by atoms with Crippen molar-refractivity contribution in [3.05, 3.63) is 89.6 Å². The Morgan fingerprint density at radius 3 is 2.30 bits per heavy atom. The number of nitrogens with one attached hydrogen (secondary N) is 3. The van der Waals surface area contributed by atoms with Crippen LogP contribution < -0.4 is 25.6 Å². The lowest BCUT2D eigenvalue weighted by atomic mass is 9.65. The molecule has 3 aromatic heterocycles. The van der Waals surface area contributed by atoms with Crippen LogP contribution in [0.25, 0.3) is 10.9 Å². The third-order valence-corrected chi connectivity index (χ3v) is 14.6. The first kappa shape index (κ1) is 47.2. The first-order valence-corrected chi connectivity index (χ1v) is 23.8. The molecule has 0 radical (unpaired) electrons. The highest BCUT2D eigenvalue weighted by atomic mass is 19.4. The monoisotopic (exact) mass is 976 g/mol. The number of aromatic nitrogens is 5. The highest BCUT2D eigenvalue weighted by Gasteiger charge is 2.46. The van der Waals surface area contributed by atoms with Crippen LogP contribution in [0.3, 0.4) is 0 Å². The highest BCUT2D eigenvalue weighted by Crippen LogP contribution is 2.47. The van der Waals surface area contributed by atoms with Gasteiger partial charge in [-0.15, -0.1) is 0 Å². The van der Waals surface area contributed by atoms with Crippen LogP contribution in [-0.2, 0) is 27.1 Å². The van der Waals surface area contributed by atoms with Crippen molar-refractivity contribution in [1.29, 1.82) is 0 Å². The summed E-state index contributed by atoms with van der Waals surface area (Å²) in [4.78, 5) is 97.9. The number of piperidine rings is 2. The minimum atomic E-state index is -4.69. The number of alkyl halides is 3. The molecule has 5 aliphatic rings. The second-order valence-electron chi connectivity index (χ2n) is 18.9. The second kappa shape index (κ2) is 19.0. The Bertz CT molecular complexity index is 2920. The Morgan fingerprint density at radius 2 is 1.59 bits per heavy atom. The Kier molecular flexibility index (Phi) is 12.6. The fourth-order valence-corrected chi connectivity index (χ4v) is 10.6. The molecule has 1 spiro atoms. The molecule has 1 unspecified atom stereocenters. The summed E-state index contributed by atoms with van der Waals surface area (Å²) in [7, 11) is 1.43. The van der Waals surface area contributed by atoms with Crippen LogP contribution >= 0.6 is 0 Å². The summed E-state index contributed by atoms with van der Waals surface area (Å²) in [6.07, 6.45) is 6.21. The zero-order chi connectivity index (χ0) is 49.6. The zero-order valence-corrected chi connectivity index (χ0v) is 38.8. The number of nitrogens with zero attached hydrogens (tertiary/aromatic N) is 9. The van der Waals surface area contributed by atoms with Gasteiger partial charge in [0, 0.05) is 75.8 Å². The van der Waals surface area contributed by atoms with Crippen molar-refractivity contribution in [2.45, 2.75) is 70.1 Å². The van der Waals surface area contributed by atoms with E-state index in [4.69, 9.17) is 4.74 Å². The molecule has 6 amide bonds. The fourth-order valence-electron chi connectivity index (χ4n) is 10.6. The second-order valence-corrected chi connectivity index (χ2v) is 18.9. The van der Waals surface area contributed by atoms with E-state index in [0.29, 0.717) is 60.2 Å². The number of benzene rings is 2. The largest absolute Gasteiger partial charge is 0.494 e. The van der Waals surface area contributed by atoms with Crippen LogP contribution in [0, 0.1) is 11.3 Å². The topological polar surface area (TPSA) is 217 Å². The van der Waals surface area contributed by atoms with E-state index in [9.17, 15) is 41.9 Å². The number of pyridine rings is 1. The van der Waals surface area contributed by atoms with Gasteiger partial charge in [-0.1, -0.05) is 12.1 Å². The fraction of sp³-hybridized carbons (Fsp3) is 0.429. The first-order valence-electron chi connectivity index (χ1n) is 23.8. The van der Waals surface area contributed by atoms with E-state index in [1.807, 2.05) is 11.1 Å². The molecule has 1 aliphatic carbocycles. The predicted molar refractivity (Wildman–Crippen MR) is 251 cm³/mol. The van der Waals surface area contributed by atoms with Gasteiger partial charge in [0.25, 0.3) is 17.7 Å². The quantitative estimate of drug-likeness (QED) is 0.144. The number of rotatable bonds is 11. The third-order valence-electron chi connectivity index (χ3n) is 14.6. The maximum absolute atomic E-state index is 13.8. The predicted octanol–water partition coefficient (Wildman–Crippen LogP) is 5.27. The standard InChI is InChI=1S/C49H51F3N12O7/c1-71-38-25-35-30(24-36(38)57-42(66)34-6-3-7-39(56-34)49(50,51)52)28-63(59-35)23-20-60-18-21-61(22-19-60)44(68)29-10-12-48(13-11-29)14-16-62(17-15-48)47-53-26-31(27-54-47)55-33-5-2-4-32-41(33)46(70)64(45(32)69)37-8-9-40(65)58-43(37)67/h2-7,24-29,37,55H,8-23H2,1H3,(H,57,66)(H,58,65,67). The summed E-state index contributed by atoms with van der Waals surface area (Å²) in [6.45, 7) is 5.66. The number of hydrogen-bond acceptors (Lipinski definition) is 14. The van der Waals surface area contributed by atoms with Crippen molar-refractivity contribution in [2.24, 2.45) is 11.3 Å². The molecule has 7 heterocycles. The third kappa shape index (κ3) is 9.59. The number of fused-ring (bicyclic) bond motifs is 2. The number of carbonyl (C=O) groups excluding carboxylic acids is 6. The van der Waals surface area contributed by atoms with Crippen LogP contribution in [-0.4, -0.2) is 134 Å².